The lowest BCUT2D eigenvalue weighted by atomic mass is 10.2. The number of carbonyl (C=O) groups excluding carboxylic acids is 1. The van der Waals surface area contributed by atoms with Gasteiger partial charge in [0.25, 0.3) is 0 Å². The van der Waals surface area contributed by atoms with Crippen molar-refractivity contribution in [2.24, 2.45) is 0 Å². The lowest BCUT2D eigenvalue weighted by molar-refractivity contribution is -0.143. The van der Waals surface area contributed by atoms with Crippen LogP contribution in [0.2, 0.25) is 0 Å². The summed E-state index contributed by atoms with van der Waals surface area (Å²) in [5.41, 5.74) is 0. The zero-order valence-electron chi connectivity index (χ0n) is 10.7. The van der Waals surface area contributed by atoms with Gasteiger partial charge in [-0.1, -0.05) is 25.7 Å². The van der Waals surface area contributed by atoms with Crippen LogP contribution in [0.5, 0.6) is 0 Å². The molecule has 4 heteroatoms. The minimum absolute atomic E-state index is 0.0629. The summed E-state index contributed by atoms with van der Waals surface area (Å²) < 4.78 is 10.4. The molecule has 0 bridgehead atoms. The second-order valence-electron chi connectivity index (χ2n) is 3.98. The summed E-state index contributed by atoms with van der Waals surface area (Å²) in [7, 11) is 0. The van der Waals surface area contributed by atoms with Gasteiger partial charge >= 0.3 is 5.97 Å². The van der Waals surface area contributed by atoms with Gasteiger partial charge in [0.1, 0.15) is 12.7 Å². The molecule has 0 aliphatic carbocycles. The molecule has 17 heavy (non-hydrogen) atoms. The van der Waals surface area contributed by atoms with Crippen molar-refractivity contribution in [2.75, 3.05) is 32.8 Å². The van der Waals surface area contributed by atoms with Gasteiger partial charge in [-0.05, 0) is 19.5 Å². The van der Waals surface area contributed by atoms with Gasteiger partial charge in [0.05, 0.1) is 13.2 Å². The number of hydrogen-bond donors (Lipinski definition) is 0. The Morgan fingerprint density at radius 1 is 1.41 bits per heavy atom. The third-order valence-corrected chi connectivity index (χ3v) is 2.77. The van der Waals surface area contributed by atoms with E-state index in [1.54, 1.807) is 0 Å². The quantitative estimate of drug-likeness (QED) is 0.394. The van der Waals surface area contributed by atoms with Crippen LogP contribution in [-0.4, -0.2) is 49.8 Å². The molecule has 0 radical (unpaired) electrons. The fourth-order valence-electron chi connectivity index (χ4n) is 1.61. The monoisotopic (exact) mass is 239 g/mol. The van der Waals surface area contributed by atoms with Crippen LogP contribution in [0, 0.1) is 11.8 Å². The molecule has 1 atom stereocenters. The predicted molar refractivity (Wildman–Crippen MR) is 65.5 cm³/mol. The Morgan fingerprint density at radius 3 is 2.76 bits per heavy atom. The van der Waals surface area contributed by atoms with Crippen molar-refractivity contribution >= 4 is 5.97 Å². The number of ether oxygens (including phenoxy) is 2. The molecule has 1 aliphatic rings. The molecule has 0 aromatic heterocycles. The second-order valence-corrected chi connectivity index (χ2v) is 3.98. The van der Waals surface area contributed by atoms with Crippen LogP contribution in [0.15, 0.2) is 0 Å². The summed E-state index contributed by atoms with van der Waals surface area (Å²) in [4.78, 5) is 13.1. The highest BCUT2D eigenvalue weighted by atomic mass is 16.6. The molecule has 1 heterocycles. The average molecular weight is 239 g/mol. The zero-order chi connectivity index (χ0) is 12.5. The molecular formula is C13H21NO3. The van der Waals surface area contributed by atoms with Crippen molar-refractivity contribution in [1.82, 2.24) is 4.90 Å². The van der Waals surface area contributed by atoms with E-state index in [2.05, 4.69) is 30.6 Å². The van der Waals surface area contributed by atoms with E-state index in [-0.39, 0.29) is 12.1 Å². The fourth-order valence-corrected chi connectivity index (χ4v) is 1.61. The Morgan fingerprint density at radius 2 is 2.18 bits per heavy atom. The van der Waals surface area contributed by atoms with E-state index in [9.17, 15) is 4.79 Å². The molecular weight excluding hydrogens is 218 g/mol. The number of nitrogens with zero attached hydrogens (tertiary/aromatic N) is 1. The van der Waals surface area contributed by atoms with Gasteiger partial charge in [0.15, 0.2) is 0 Å². The minimum atomic E-state index is -0.119. The van der Waals surface area contributed by atoms with Gasteiger partial charge in [-0.2, -0.15) is 0 Å². The highest BCUT2D eigenvalue weighted by Gasteiger charge is 2.22. The van der Waals surface area contributed by atoms with Crippen LogP contribution in [0.3, 0.4) is 0 Å². The number of rotatable bonds is 6. The van der Waals surface area contributed by atoms with Crippen molar-refractivity contribution < 1.29 is 14.3 Å². The third-order valence-electron chi connectivity index (χ3n) is 2.77. The molecule has 96 valence electrons. The van der Waals surface area contributed by atoms with Gasteiger partial charge in [0.2, 0.25) is 0 Å². The van der Waals surface area contributed by atoms with Gasteiger partial charge in [-0.15, -0.1) is 0 Å². The standard InChI is InChI=1S/C13H21NO3/c1-3-14(4-2)9-5-6-10-16-11-12-7-8-13(15)17-12/h12H,3-4,7-11H2,1-2H3/t12-/m0/s1. The van der Waals surface area contributed by atoms with E-state index in [0.717, 1.165) is 26.1 Å². The first-order chi connectivity index (χ1) is 8.26. The molecule has 4 nitrogen and oxygen atoms in total. The molecule has 1 fully saturated rings. The van der Waals surface area contributed by atoms with Gasteiger partial charge in [-0.3, -0.25) is 9.69 Å². The maximum atomic E-state index is 10.8. The first kappa shape index (κ1) is 14.0. The molecule has 1 aliphatic heterocycles. The van der Waals surface area contributed by atoms with Crippen molar-refractivity contribution in [3.63, 3.8) is 0 Å². The Bertz CT molecular complexity index is 289. The second kappa shape index (κ2) is 8.10. The highest BCUT2D eigenvalue weighted by Crippen LogP contribution is 2.13. The molecule has 0 N–H and O–H groups in total. The SMILES string of the molecule is CCN(CC)CC#CCOC[C@@H]1CCC(=O)O1. The van der Waals surface area contributed by atoms with Crippen molar-refractivity contribution in [3.8, 4) is 11.8 Å². The van der Waals surface area contributed by atoms with Gasteiger partial charge in [-0.25, -0.2) is 0 Å². The smallest absolute Gasteiger partial charge is 0.306 e. The minimum Gasteiger partial charge on any atom is -0.460 e. The van der Waals surface area contributed by atoms with Crippen LogP contribution in [-0.2, 0) is 14.3 Å². The van der Waals surface area contributed by atoms with Crippen molar-refractivity contribution in [2.45, 2.75) is 32.8 Å². The van der Waals surface area contributed by atoms with Crippen LogP contribution in [0.1, 0.15) is 26.7 Å². The summed E-state index contributed by atoms with van der Waals surface area (Å²) in [5.74, 6) is 5.91. The fraction of sp³-hybridized carbons (Fsp3) is 0.769. The predicted octanol–water partition coefficient (Wildman–Crippen LogP) is 1.05. The van der Waals surface area contributed by atoms with E-state index in [1.165, 1.54) is 0 Å². The molecule has 0 aromatic carbocycles. The molecule has 0 amide bonds. The van der Waals surface area contributed by atoms with Crippen LogP contribution >= 0.6 is 0 Å². The molecule has 0 spiro atoms. The Hall–Kier alpha value is -1.05. The Labute approximate surface area is 103 Å². The van der Waals surface area contributed by atoms with Gasteiger partial charge in [0, 0.05) is 6.42 Å². The number of cyclic esters (lactones) is 1. The summed E-state index contributed by atoms with van der Waals surface area (Å²) >= 11 is 0. The summed E-state index contributed by atoms with van der Waals surface area (Å²) in [6.07, 6.45) is 1.22. The first-order valence-electron chi connectivity index (χ1n) is 6.21. The molecule has 0 unspecified atom stereocenters. The topological polar surface area (TPSA) is 38.8 Å². The summed E-state index contributed by atoms with van der Waals surface area (Å²) in [6, 6.07) is 0. The van der Waals surface area contributed by atoms with E-state index in [4.69, 9.17) is 9.47 Å². The maximum Gasteiger partial charge on any atom is 0.306 e. The van der Waals surface area contributed by atoms with Gasteiger partial charge < -0.3 is 9.47 Å². The molecule has 0 saturated carbocycles. The van der Waals surface area contributed by atoms with Crippen LogP contribution < -0.4 is 0 Å². The highest BCUT2D eigenvalue weighted by molar-refractivity contribution is 5.71. The number of carbonyl (C=O) groups is 1. The number of hydrogen-bond acceptors (Lipinski definition) is 4. The molecule has 0 aromatic rings. The third kappa shape index (κ3) is 5.71. The Kier molecular flexibility index (Phi) is 6.68. The van der Waals surface area contributed by atoms with E-state index >= 15 is 0 Å². The largest absolute Gasteiger partial charge is 0.460 e. The van der Waals surface area contributed by atoms with Crippen LogP contribution in [0.4, 0.5) is 0 Å². The lowest BCUT2D eigenvalue weighted by Gasteiger charge is -2.13. The summed E-state index contributed by atoms with van der Waals surface area (Å²) in [6.45, 7) is 7.94. The first-order valence-corrected chi connectivity index (χ1v) is 6.21. The summed E-state index contributed by atoms with van der Waals surface area (Å²) in [5, 5.41) is 0. The Balaban J connectivity index is 2.04. The lowest BCUT2D eigenvalue weighted by Crippen LogP contribution is -2.23. The zero-order valence-corrected chi connectivity index (χ0v) is 10.7. The van der Waals surface area contributed by atoms with E-state index in [1.807, 2.05) is 0 Å². The van der Waals surface area contributed by atoms with Crippen molar-refractivity contribution in [3.05, 3.63) is 0 Å². The van der Waals surface area contributed by atoms with E-state index in [0.29, 0.717) is 19.6 Å². The average Bonchev–Trinajstić information content (AvgIpc) is 2.74. The number of esters is 1. The molecule has 1 rings (SSSR count). The normalized spacial score (nSPS) is 19.0. The maximum absolute atomic E-state index is 10.8. The van der Waals surface area contributed by atoms with E-state index < -0.39 is 0 Å². The van der Waals surface area contributed by atoms with Crippen molar-refractivity contribution in [1.29, 1.82) is 0 Å². The van der Waals surface area contributed by atoms with Crippen LogP contribution in [0.25, 0.3) is 0 Å². The molecule has 1 saturated heterocycles.